The summed E-state index contributed by atoms with van der Waals surface area (Å²) >= 11 is 0. The molecule has 0 amide bonds. The van der Waals surface area contributed by atoms with E-state index in [9.17, 15) is 10.2 Å². The summed E-state index contributed by atoms with van der Waals surface area (Å²) in [7, 11) is 0. The van der Waals surface area contributed by atoms with Gasteiger partial charge in [0.05, 0.1) is 12.2 Å². The quantitative estimate of drug-likeness (QED) is 0.786. The number of rotatable bonds is 3. The summed E-state index contributed by atoms with van der Waals surface area (Å²) in [4.78, 5) is 0. The fourth-order valence-electron chi connectivity index (χ4n) is 2.16. The minimum atomic E-state index is -0.654. The molecule has 1 aromatic rings. The molecule has 2 rings (SSSR count). The van der Waals surface area contributed by atoms with Crippen LogP contribution < -0.4 is 0 Å². The Morgan fingerprint density at radius 1 is 1.20 bits per heavy atom. The van der Waals surface area contributed by atoms with Gasteiger partial charge in [0.1, 0.15) is 0 Å². The van der Waals surface area contributed by atoms with Crippen molar-refractivity contribution in [1.29, 1.82) is 0 Å². The number of hydrogen-bond acceptors (Lipinski definition) is 2. The van der Waals surface area contributed by atoms with Crippen LogP contribution in [0, 0.1) is 0 Å². The smallest absolute Gasteiger partial charge is 0.0836 e. The lowest BCUT2D eigenvalue weighted by molar-refractivity contribution is 0.0319. The van der Waals surface area contributed by atoms with Gasteiger partial charge in [-0.15, -0.1) is 0 Å². The first-order chi connectivity index (χ1) is 7.16. The first-order valence-corrected chi connectivity index (χ1v) is 5.63. The largest absolute Gasteiger partial charge is 0.391 e. The van der Waals surface area contributed by atoms with Gasteiger partial charge in [-0.25, -0.2) is 0 Å². The lowest BCUT2D eigenvalue weighted by atomic mass is 10.0. The predicted octanol–water partition coefficient (Wildman–Crippen LogP) is 1.46. The average Bonchev–Trinajstić information content (AvgIpc) is 2.64. The maximum absolute atomic E-state index is 9.58. The van der Waals surface area contributed by atoms with Gasteiger partial charge in [-0.2, -0.15) is 0 Å². The van der Waals surface area contributed by atoms with Crippen LogP contribution in [0.1, 0.15) is 30.0 Å². The van der Waals surface area contributed by atoms with Gasteiger partial charge in [-0.3, -0.25) is 0 Å². The molecular weight excluding hydrogens is 188 g/mol. The van der Waals surface area contributed by atoms with Crippen LogP contribution in [0.15, 0.2) is 18.2 Å². The summed E-state index contributed by atoms with van der Waals surface area (Å²) in [6.07, 6.45) is 2.84. The molecule has 0 heterocycles. The monoisotopic (exact) mass is 206 g/mol. The number of fused-ring (bicyclic) bond motifs is 1. The first-order valence-electron chi connectivity index (χ1n) is 5.63. The van der Waals surface area contributed by atoms with Gasteiger partial charge in [0, 0.05) is 6.42 Å². The van der Waals surface area contributed by atoms with Crippen molar-refractivity contribution in [3.63, 3.8) is 0 Å². The Morgan fingerprint density at radius 2 is 1.93 bits per heavy atom. The van der Waals surface area contributed by atoms with Gasteiger partial charge < -0.3 is 10.2 Å². The van der Waals surface area contributed by atoms with E-state index in [-0.39, 0.29) is 0 Å². The minimum absolute atomic E-state index is 0.547. The number of hydrogen-bond donors (Lipinski definition) is 2. The van der Waals surface area contributed by atoms with E-state index in [1.807, 2.05) is 0 Å². The molecule has 0 bridgehead atoms. The van der Waals surface area contributed by atoms with Crippen molar-refractivity contribution in [3.05, 3.63) is 34.9 Å². The summed E-state index contributed by atoms with van der Waals surface area (Å²) in [5.41, 5.74) is 4.00. The Labute approximate surface area is 90.6 Å². The number of benzene rings is 1. The normalized spacial score (nSPS) is 18.6. The van der Waals surface area contributed by atoms with E-state index in [1.165, 1.54) is 24.0 Å². The Hall–Kier alpha value is -0.860. The van der Waals surface area contributed by atoms with E-state index in [2.05, 4.69) is 18.2 Å². The van der Waals surface area contributed by atoms with Crippen molar-refractivity contribution in [2.45, 2.75) is 44.8 Å². The average molecular weight is 206 g/mol. The molecule has 0 radical (unpaired) electrons. The molecule has 2 atom stereocenters. The van der Waals surface area contributed by atoms with Crippen LogP contribution in [-0.4, -0.2) is 22.4 Å². The van der Waals surface area contributed by atoms with Crippen molar-refractivity contribution in [1.82, 2.24) is 0 Å². The topological polar surface area (TPSA) is 40.5 Å². The third kappa shape index (κ3) is 2.39. The van der Waals surface area contributed by atoms with Crippen LogP contribution in [0.5, 0.6) is 0 Å². The van der Waals surface area contributed by atoms with Crippen molar-refractivity contribution < 1.29 is 10.2 Å². The van der Waals surface area contributed by atoms with Gasteiger partial charge in [0.2, 0.25) is 0 Å². The highest BCUT2D eigenvalue weighted by Crippen LogP contribution is 2.23. The summed E-state index contributed by atoms with van der Waals surface area (Å²) in [5, 5.41) is 18.8. The molecule has 1 aliphatic carbocycles. The zero-order valence-corrected chi connectivity index (χ0v) is 9.11. The molecule has 1 aromatic carbocycles. The second kappa shape index (κ2) is 4.33. The fourth-order valence-corrected chi connectivity index (χ4v) is 2.16. The van der Waals surface area contributed by atoms with E-state index in [4.69, 9.17) is 0 Å². The van der Waals surface area contributed by atoms with E-state index in [0.717, 1.165) is 12.0 Å². The lowest BCUT2D eigenvalue weighted by Gasteiger charge is -2.14. The molecule has 0 aliphatic heterocycles. The van der Waals surface area contributed by atoms with Crippen LogP contribution in [-0.2, 0) is 19.3 Å². The number of aryl methyl sites for hydroxylation is 2. The first kappa shape index (κ1) is 10.7. The van der Waals surface area contributed by atoms with Gasteiger partial charge in [0.15, 0.2) is 0 Å². The fraction of sp³-hybridized carbons (Fsp3) is 0.538. The lowest BCUT2D eigenvalue weighted by Crippen LogP contribution is -2.24. The summed E-state index contributed by atoms with van der Waals surface area (Å²) in [5.74, 6) is 0. The molecule has 0 aromatic heterocycles. The number of aliphatic hydroxyl groups is 2. The summed E-state index contributed by atoms with van der Waals surface area (Å²) in [6, 6.07) is 6.40. The van der Waals surface area contributed by atoms with Crippen LogP contribution in [0.2, 0.25) is 0 Å². The van der Waals surface area contributed by atoms with E-state index >= 15 is 0 Å². The highest BCUT2D eigenvalue weighted by atomic mass is 16.3. The third-order valence-electron chi connectivity index (χ3n) is 3.16. The Morgan fingerprint density at radius 3 is 2.67 bits per heavy atom. The standard InChI is InChI=1S/C13H18O2/c1-9(14)13(15)8-10-5-6-11-3-2-4-12(11)7-10/h5-7,9,13-15H,2-4,8H2,1H3. The minimum Gasteiger partial charge on any atom is -0.391 e. The maximum Gasteiger partial charge on any atom is 0.0836 e. The van der Waals surface area contributed by atoms with Crippen LogP contribution in [0.3, 0.4) is 0 Å². The maximum atomic E-state index is 9.58. The van der Waals surface area contributed by atoms with Gasteiger partial charge >= 0.3 is 0 Å². The molecule has 1 aliphatic rings. The Bertz CT molecular complexity index is 344. The van der Waals surface area contributed by atoms with Crippen molar-refractivity contribution in [3.8, 4) is 0 Å². The molecule has 82 valence electrons. The molecule has 0 fully saturated rings. The number of aliphatic hydroxyl groups excluding tert-OH is 2. The van der Waals surface area contributed by atoms with Crippen LogP contribution >= 0.6 is 0 Å². The van der Waals surface area contributed by atoms with Crippen molar-refractivity contribution in [2.24, 2.45) is 0 Å². The molecule has 2 N–H and O–H groups in total. The Kier molecular flexibility index (Phi) is 3.08. The molecule has 15 heavy (non-hydrogen) atoms. The van der Waals surface area contributed by atoms with Crippen molar-refractivity contribution >= 4 is 0 Å². The molecule has 2 nitrogen and oxygen atoms in total. The van der Waals surface area contributed by atoms with Crippen LogP contribution in [0.4, 0.5) is 0 Å². The Balaban J connectivity index is 2.10. The molecule has 2 unspecified atom stereocenters. The second-order valence-electron chi connectivity index (χ2n) is 4.47. The highest BCUT2D eigenvalue weighted by molar-refractivity contribution is 5.35. The highest BCUT2D eigenvalue weighted by Gasteiger charge is 2.14. The molecule has 0 spiro atoms. The van der Waals surface area contributed by atoms with E-state index in [1.54, 1.807) is 6.92 Å². The van der Waals surface area contributed by atoms with E-state index < -0.39 is 12.2 Å². The molecular formula is C13H18O2. The summed E-state index contributed by atoms with van der Waals surface area (Å²) < 4.78 is 0. The van der Waals surface area contributed by atoms with Gasteiger partial charge in [-0.1, -0.05) is 18.2 Å². The third-order valence-corrected chi connectivity index (χ3v) is 3.16. The van der Waals surface area contributed by atoms with Crippen molar-refractivity contribution in [2.75, 3.05) is 0 Å². The molecule has 0 saturated heterocycles. The summed E-state index contributed by atoms with van der Waals surface area (Å²) in [6.45, 7) is 1.62. The second-order valence-corrected chi connectivity index (χ2v) is 4.47. The zero-order valence-electron chi connectivity index (χ0n) is 9.11. The SMILES string of the molecule is CC(O)C(O)Cc1ccc2c(c1)CCC2. The van der Waals surface area contributed by atoms with Crippen LogP contribution in [0.25, 0.3) is 0 Å². The molecule has 0 saturated carbocycles. The van der Waals surface area contributed by atoms with Gasteiger partial charge in [-0.05, 0) is 42.9 Å². The predicted molar refractivity (Wildman–Crippen MR) is 59.9 cm³/mol. The van der Waals surface area contributed by atoms with E-state index in [0.29, 0.717) is 6.42 Å². The zero-order chi connectivity index (χ0) is 10.8. The van der Waals surface area contributed by atoms with Gasteiger partial charge in [0.25, 0.3) is 0 Å². The molecule has 2 heteroatoms.